The molecule has 1 atom stereocenters. The highest BCUT2D eigenvalue weighted by atomic mass is 15.1. The zero-order chi connectivity index (χ0) is 52.6. The SMILES string of the molecule is C=C/C(=C\C)C(C)(C)C(C)(C)c1ccc2c(c1)C(CCCCCN(CCCN(C)C)CCCN(C)C)(CCCCCN(CCCN(C)C)CCCN(C)CC)c1cc(C)ccc1-2.CC.CC.CCC. The molecule has 6 nitrogen and oxygen atoms in total. The van der Waals surface area contributed by atoms with E-state index < -0.39 is 0 Å². The van der Waals surface area contributed by atoms with Crippen LogP contribution in [0.2, 0.25) is 0 Å². The van der Waals surface area contributed by atoms with E-state index in [1.165, 1.54) is 157 Å². The molecule has 0 heterocycles. The lowest BCUT2D eigenvalue weighted by molar-refractivity contribution is 0.230. The van der Waals surface area contributed by atoms with Crippen LogP contribution in [0, 0.1) is 12.3 Å². The average molecular weight is 960 g/mol. The van der Waals surface area contributed by atoms with Gasteiger partial charge >= 0.3 is 0 Å². The van der Waals surface area contributed by atoms with Gasteiger partial charge in [0.1, 0.15) is 0 Å². The van der Waals surface area contributed by atoms with Gasteiger partial charge in [-0.25, -0.2) is 0 Å². The van der Waals surface area contributed by atoms with Gasteiger partial charge in [-0.3, -0.25) is 0 Å². The maximum Gasteiger partial charge on any atom is 0.0215 e. The second-order valence-corrected chi connectivity index (χ2v) is 21.8. The van der Waals surface area contributed by atoms with Gasteiger partial charge in [-0.2, -0.15) is 0 Å². The molecule has 0 radical (unpaired) electrons. The van der Waals surface area contributed by atoms with Crippen molar-refractivity contribution in [3.8, 4) is 11.1 Å². The largest absolute Gasteiger partial charge is 0.309 e. The maximum atomic E-state index is 4.25. The van der Waals surface area contributed by atoms with Gasteiger partial charge in [0.2, 0.25) is 0 Å². The molecule has 0 N–H and O–H groups in total. The van der Waals surface area contributed by atoms with E-state index in [1.54, 1.807) is 11.1 Å². The highest BCUT2D eigenvalue weighted by Crippen LogP contribution is 2.56. The Bertz CT molecular complexity index is 1620. The van der Waals surface area contributed by atoms with Crippen molar-refractivity contribution in [2.45, 2.75) is 184 Å². The molecule has 3 rings (SSSR count). The van der Waals surface area contributed by atoms with E-state index in [0.29, 0.717) is 0 Å². The lowest BCUT2D eigenvalue weighted by Crippen LogP contribution is -2.38. The smallest absolute Gasteiger partial charge is 0.0215 e. The van der Waals surface area contributed by atoms with Gasteiger partial charge in [-0.1, -0.05) is 169 Å². The van der Waals surface area contributed by atoms with Crippen LogP contribution in [-0.2, 0) is 10.8 Å². The Morgan fingerprint density at radius 2 is 0.928 bits per heavy atom. The Morgan fingerprint density at radius 3 is 1.32 bits per heavy atom. The molecule has 1 aliphatic rings. The Kier molecular flexibility index (Phi) is 35.3. The normalized spacial score (nSPS) is 14.7. The molecule has 0 saturated carbocycles. The molecule has 0 aliphatic heterocycles. The third kappa shape index (κ3) is 22.5. The van der Waals surface area contributed by atoms with Crippen LogP contribution in [0.3, 0.4) is 0 Å². The fourth-order valence-electron chi connectivity index (χ4n) is 10.2. The number of hydrogen-bond acceptors (Lipinski definition) is 6. The molecule has 6 heteroatoms. The van der Waals surface area contributed by atoms with Crippen LogP contribution in [0.1, 0.15) is 189 Å². The summed E-state index contributed by atoms with van der Waals surface area (Å²) in [6.07, 6.45) is 20.7. The molecule has 0 aromatic heterocycles. The van der Waals surface area contributed by atoms with Crippen molar-refractivity contribution in [3.05, 3.63) is 83.0 Å². The molecule has 69 heavy (non-hydrogen) atoms. The zero-order valence-corrected chi connectivity index (χ0v) is 50.0. The predicted molar refractivity (Wildman–Crippen MR) is 314 cm³/mol. The lowest BCUT2D eigenvalue weighted by Gasteiger charge is -2.44. The van der Waals surface area contributed by atoms with E-state index in [-0.39, 0.29) is 16.2 Å². The van der Waals surface area contributed by atoms with Gasteiger partial charge in [-0.05, 0) is 231 Å². The summed E-state index contributed by atoms with van der Waals surface area (Å²) in [6, 6.07) is 15.0. The highest BCUT2D eigenvalue weighted by molar-refractivity contribution is 5.82. The van der Waals surface area contributed by atoms with Crippen molar-refractivity contribution in [2.75, 3.05) is 121 Å². The summed E-state index contributed by atoms with van der Waals surface area (Å²) < 4.78 is 0. The first-order chi connectivity index (χ1) is 32.8. The molecule has 2 aromatic carbocycles. The molecule has 0 fully saturated rings. The molecular formula is C63H118N6. The Morgan fingerprint density at radius 1 is 0.536 bits per heavy atom. The molecule has 0 spiro atoms. The van der Waals surface area contributed by atoms with Crippen molar-refractivity contribution >= 4 is 0 Å². The quantitative estimate of drug-likeness (QED) is 0.0521. The van der Waals surface area contributed by atoms with Crippen LogP contribution in [0.15, 0.2) is 60.7 Å². The molecule has 0 bridgehead atoms. The number of benzene rings is 2. The minimum Gasteiger partial charge on any atom is -0.309 e. The molecule has 0 saturated heterocycles. The summed E-state index contributed by atoms with van der Waals surface area (Å²) in [6.45, 7) is 46.0. The van der Waals surface area contributed by atoms with E-state index in [0.717, 1.165) is 26.2 Å². The Balaban J connectivity index is 0.00000626. The van der Waals surface area contributed by atoms with Crippen LogP contribution in [-0.4, -0.2) is 151 Å². The van der Waals surface area contributed by atoms with E-state index >= 15 is 0 Å². The first kappa shape index (κ1) is 66.7. The van der Waals surface area contributed by atoms with E-state index in [2.05, 4.69) is 196 Å². The fourth-order valence-corrected chi connectivity index (χ4v) is 10.2. The summed E-state index contributed by atoms with van der Waals surface area (Å²) >= 11 is 0. The zero-order valence-electron chi connectivity index (χ0n) is 50.0. The van der Waals surface area contributed by atoms with Crippen molar-refractivity contribution in [3.63, 3.8) is 0 Å². The van der Waals surface area contributed by atoms with E-state index in [4.69, 9.17) is 0 Å². The molecular weight excluding hydrogens is 841 g/mol. The average Bonchev–Trinajstić information content (AvgIpc) is 3.57. The number of allylic oxidation sites excluding steroid dienone is 3. The summed E-state index contributed by atoms with van der Waals surface area (Å²) in [5.74, 6) is 0. The van der Waals surface area contributed by atoms with Gasteiger partial charge in [-0.15, -0.1) is 0 Å². The number of fused-ring (bicyclic) bond motifs is 3. The first-order valence-electron chi connectivity index (χ1n) is 28.5. The molecule has 2 aromatic rings. The highest BCUT2D eigenvalue weighted by Gasteiger charge is 2.45. The van der Waals surface area contributed by atoms with Crippen LogP contribution < -0.4 is 0 Å². The fraction of sp³-hybridized carbons (Fsp3) is 0.746. The number of hydrogen-bond donors (Lipinski definition) is 0. The minimum atomic E-state index is -0.0842. The van der Waals surface area contributed by atoms with Gasteiger partial charge in [0.25, 0.3) is 0 Å². The van der Waals surface area contributed by atoms with Gasteiger partial charge in [0.05, 0.1) is 0 Å². The Labute approximate surface area is 432 Å². The summed E-state index contributed by atoms with van der Waals surface area (Å²) in [4.78, 5) is 15.0. The third-order valence-corrected chi connectivity index (χ3v) is 15.0. The van der Waals surface area contributed by atoms with Crippen LogP contribution in [0.25, 0.3) is 11.1 Å². The van der Waals surface area contributed by atoms with Crippen LogP contribution in [0.4, 0.5) is 0 Å². The summed E-state index contributed by atoms with van der Waals surface area (Å²) in [5, 5.41) is 0. The van der Waals surface area contributed by atoms with Crippen molar-refractivity contribution in [1.82, 2.24) is 29.4 Å². The van der Waals surface area contributed by atoms with Crippen LogP contribution >= 0.6 is 0 Å². The predicted octanol–water partition coefficient (Wildman–Crippen LogP) is 15.1. The third-order valence-electron chi connectivity index (χ3n) is 15.0. The second-order valence-electron chi connectivity index (χ2n) is 21.8. The van der Waals surface area contributed by atoms with Crippen molar-refractivity contribution in [2.24, 2.45) is 5.41 Å². The van der Waals surface area contributed by atoms with Crippen molar-refractivity contribution in [1.29, 1.82) is 0 Å². The van der Waals surface area contributed by atoms with Crippen molar-refractivity contribution < 1.29 is 0 Å². The minimum absolute atomic E-state index is 0.0298. The lowest BCUT2D eigenvalue weighted by atomic mass is 9.60. The first-order valence-corrected chi connectivity index (χ1v) is 28.5. The molecule has 1 aliphatic carbocycles. The molecule has 0 amide bonds. The Hall–Kier alpha value is -2.32. The summed E-state index contributed by atoms with van der Waals surface area (Å²) in [7, 11) is 15.5. The summed E-state index contributed by atoms with van der Waals surface area (Å²) in [5.41, 5.74) is 10.2. The van der Waals surface area contributed by atoms with Gasteiger partial charge in [0.15, 0.2) is 0 Å². The topological polar surface area (TPSA) is 19.4 Å². The van der Waals surface area contributed by atoms with Gasteiger partial charge in [0, 0.05) is 5.41 Å². The van der Waals surface area contributed by atoms with E-state index in [9.17, 15) is 0 Å². The van der Waals surface area contributed by atoms with E-state index in [1.807, 2.05) is 27.7 Å². The second kappa shape index (κ2) is 36.6. The standard InChI is InChI=1S/C56H98N6.C3H8.2C2H6/c1-16-48(17-2)54(5,6)55(7,8)49-30-32-51-50-31-29-47(4)45-52(50)56(53(51)46-49,33-21-19-23-39-61(41-25-35-57(9)10)42-26-36-58(11)12)34-22-20-24-40-62(43-27-37-59(13)14)44-28-38-60(15)18-3;1-3-2;2*1-2/h16-17,29-32,45-46H,1,18-28,33-44H2,2-15H3;3H2,1-2H3;2*1-2H3/b48-17+;;;. The monoisotopic (exact) mass is 959 g/mol. The maximum absolute atomic E-state index is 4.25. The molecule has 1 unspecified atom stereocenters. The molecule has 400 valence electrons. The van der Waals surface area contributed by atoms with Gasteiger partial charge < -0.3 is 29.4 Å². The number of rotatable bonds is 33. The van der Waals surface area contributed by atoms with Crippen LogP contribution in [0.5, 0.6) is 0 Å². The number of unbranched alkanes of at least 4 members (excludes halogenated alkanes) is 4. The number of nitrogens with zero attached hydrogens (tertiary/aromatic N) is 6. The number of aryl methyl sites for hydroxylation is 1.